The smallest absolute Gasteiger partial charge is 0.240 e. The summed E-state index contributed by atoms with van der Waals surface area (Å²) in [4.78, 5) is 24.0. The van der Waals surface area contributed by atoms with Crippen molar-refractivity contribution in [2.75, 3.05) is 37.6 Å². The topological polar surface area (TPSA) is 39.7 Å². The lowest BCUT2D eigenvalue weighted by atomic mass is 9.99. The number of rotatable bonds is 3. The van der Waals surface area contributed by atoms with Crippen LogP contribution in [0, 0.1) is 0 Å². The molecule has 0 radical (unpaired) electrons. The van der Waals surface area contributed by atoms with Gasteiger partial charge in [-0.05, 0) is 45.4 Å². The maximum Gasteiger partial charge on any atom is 0.240 e. The van der Waals surface area contributed by atoms with Crippen LogP contribution in [-0.2, 0) is 4.79 Å². The van der Waals surface area contributed by atoms with Crippen molar-refractivity contribution in [2.45, 2.75) is 45.2 Å². The van der Waals surface area contributed by atoms with Crippen molar-refractivity contribution in [3.8, 4) is 0 Å². The first-order valence-corrected chi connectivity index (χ1v) is 9.35. The first kappa shape index (κ1) is 17.5. The zero-order valence-corrected chi connectivity index (χ0v) is 15.4. The first-order valence-electron chi connectivity index (χ1n) is 8.97. The molecule has 3 rings (SSSR count). The number of aromatic nitrogens is 1. The summed E-state index contributed by atoms with van der Waals surface area (Å²) in [5.41, 5.74) is 0. The number of carbonyl (C=O) groups is 1. The monoisotopic (exact) mass is 350 g/mol. The Labute approximate surface area is 149 Å². The number of nitrogens with zero attached hydrogens (tertiary/aromatic N) is 4. The zero-order chi connectivity index (χ0) is 17.1. The molecule has 2 aliphatic rings. The summed E-state index contributed by atoms with van der Waals surface area (Å²) in [5, 5.41) is 0.652. The fraction of sp³-hybridized carbons (Fsp3) is 0.667. The summed E-state index contributed by atoms with van der Waals surface area (Å²) >= 11 is 5.90. The average molecular weight is 351 g/mol. The molecule has 1 atom stereocenters. The molecule has 0 aromatic carbocycles. The fourth-order valence-electron chi connectivity index (χ4n) is 3.76. The van der Waals surface area contributed by atoms with Gasteiger partial charge in [-0.3, -0.25) is 9.69 Å². The van der Waals surface area contributed by atoms with E-state index in [9.17, 15) is 4.79 Å². The molecule has 3 heterocycles. The Morgan fingerprint density at radius 3 is 2.54 bits per heavy atom. The standard InChI is InChI=1S/C18H27ClN4O/c1-14(2)23-8-4-3-5-16(23)18(24)22-11-9-21(10-12-22)17-7-6-15(19)13-20-17/h6-7,13-14,16H,3-5,8-12H2,1-2H3. The van der Waals surface area contributed by atoms with Crippen molar-refractivity contribution in [3.63, 3.8) is 0 Å². The van der Waals surface area contributed by atoms with Gasteiger partial charge in [0, 0.05) is 38.4 Å². The quantitative estimate of drug-likeness (QED) is 0.840. The molecule has 0 aliphatic carbocycles. The maximum absolute atomic E-state index is 13.0. The predicted octanol–water partition coefficient (Wildman–Crippen LogP) is 2.65. The highest BCUT2D eigenvalue weighted by atomic mass is 35.5. The third-order valence-corrected chi connectivity index (χ3v) is 5.34. The van der Waals surface area contributed by atoms with E-state index in [1.165, 1.54) is 6.42 Å². The number of piperidine rings is 1. The molecular weight excluding hydrogens is 324 g/mol. The van der Waals surface area contributed by atoms with Crippen LogP contribution in [0.25, 0.3) is 0 Å². The second kappa shape index (κ2) is 7.70. The summed E-state index contributed by atoms with van der Waals surface area (Å²) < 4.78 is 0. The van der Waals surface area contributed by atoms with Gasteiger partial charge in [-0.15, -0.1) is 0 Å². The minimum absolute atomic E-state index is 0.0685. The molecule has 0 saturated carbocycles. The number of carbonyl (C=O) groups excluding carboxylic acids is 1. The van der Waals surface area contributed by atoms with Gasteiger partial charge in [-0.1, -0.05) is 18.0 Å². The van der Waals surface area contributed by atoms with Crippen LogP contribution in [0.4, 0.5) is 5.82 Å². The Hall–Kier alpha value is -1.33. The Bertz CT molecular complexity index is 555. The number of pyridine rings is 1. The molecule has 132 valence electrons. The van der Waals surface area contributed by atoms with E-state index < -0.39 is 0 Å². The largest absolute Gasteiger partial charge is 0.353 e. The van der Waals surface area contributed by atoms with E-state index in [4.69, 9.17) is 11.6 Å². The SMILES string of the molecule is CC(C)N1CCCCC1C(=O)N1CCN(c2ccc(Cl)cn2)CC1. The number of amides is 1. The lowest BCUT2D eigenvalue weighted by Gasteiger charge is -2.42. The third-order valence-electron chi connectivity index (χ3n) is 5.12. The van der Waals surface area contributed by atoms with Crippen molar-refractivity contribution in [1.29, 1.82) is 0 Å². The number of likely N-dealkylation sites (tertiary alicyclic amines) is 1. The highest BCUT2D eigenvalue weighted by molar-refractivity contribution is 6.30. The number of hydrogen-bond acceptors (Lipinski definition) is 4. The lowest BCUT2D eigenvalue weighted by Crippen LogP contribution is -2.57. The summed E-state index contributed by atoms with van der Waals surface area (Å²) in [6, 6.07) is 4.31. The lowest BCUT2D eigenvalue weighted by molar-refractivity contribution is -0.139. The fourth-order valence-corrected chi connectivity index (χ4v) is 3.87. The molecule has 0 bridgehead atoms. The zero-order valence-electron chi connectivity index (χ0n) is 14.6. The van der Waals surface area contributed by atoms with Crippen LogP contribution in [-0.4, -0.2) is 65.5 Å². The van der Waals surface area contributed by atoms with E-state index in [0.29, 0.717) is 17.0 Å². The van der Waals surface area contributed by atoms with Gasteiger partial charge in [-0.2, -0.15) is 0 Å². The number of hydrogen-bond donors (Lipinski definition) is 0. The minimum Gasteiger partial charge on any atom is -0.353 e. The third kappa shape index (κ3) is 3.83. The average Bonchev–Trinajstić information content (AvgIpc) is 2.62. The van der Waals surface area contributed by atoms with Crippen molar-refractivity contribution >= 4 is 23.3 Å². The van der Waals surface area contributed by atoms with E-state index in [0.717, 1.165) is 51.4 Å². The minimum atomic E-state index is 0.0685. The summed E-state index contributed by atoms with van der Waals surface area (Å²) in [6.07, 6.45) is 5.04. The second-order valence-electron chi connectivity index (χ2n) is 6.99. The highest BCUT2D eigenvalue weighted by Gasteiger charge is 2.34. The summed E-state index contributed by atoms with van der Waals surface area (Å²) in [6.45, 7) is 8.62. The normalized spacial score (nSPS) is 22.9. The van der Waals surface area contributed by atoms with Crippen LogP contribution in [0.15, 0.2) is 18.3 Å². The van der Waals surface area contributed by atoms with Crippen molar-refractivity contribution in [2.24, 2.45) is 0 Å². The first-order chi connectivity index (χ1) is 11.6. The summed E-state index contributed by atoms with van der Waals surface area (Å²) in [5.74, 6) is 1.25. The molecule has 6 heteroatoms. The summed E-state index contributed by atoms with van der Waals surface area (Å²) in [7, 11) is 0. The molecule has 2 saturated heterocycles. The molecule has 5 nitrogen and oxygen atoms in total. The second-order valence-corrected chi connectivity index (χ2v) is 7.43. The van der Waals surface area contributed by atoms with Crippen LogP contribution in [0.3, 0.4) is 0 Å². The Morgan fingerprint density at radius 1 is 1.17 bits per heavy atom. The van der Waals surface area contributed by atoms with Crippen LogP contribution in [0.5, 0.6) is 0 Å². The molecule has 1 unspecified atom stereocenters. The molecule has 2 fully saturated rings. The van der Waals surface area contributed by atoms with E-state index in [2.05, 4.69) is 28.6 Å². The van der Waals surface area contributed by atoms with Crippen LogP contribution in [0.1, 0.15) is 33.1 Å². The molecule has 1 aromatic rings. The van der Waals surface area contributed by atoms with Crippen molar-refractivity contribution in [1.82, 2.24) is 14.8 Å². The predicted molar refractivity (Wildman–Crippen MR) is 97.5 cm³/mol. The van der Waals surface area contributed by atoms with Gasteiger partial charge in [0.2, 0.25) is 5.91 Å². The highest BCUT2D eigenvalue weighted by Crippen LogP contribution is 2.23. The van der Waals surface area contributed by atoms with E-state index >= 15 is 0 Å². The number of anilines is 1. The number of piperazine rings is 1. The molecule has 1 aromatic heterocycles. The Morgan fingerprint density at radius 2 is 1.92 bits per heavy atom. The molecule has 24 heavy (non-hydrogen) atoms. The molecule has 0 spiro atoms. The number of halogens is 1. The van der Waals surface area contributed by atoms with E-state index in [1.807, 2.05) is 17.0 Å². The van der Waals surface area contributed by atoms with Crippen LogP contribution < -0.4 is 4.90 Å². The molecular formula is C18H27ClN4O. The van der Waals surface area contributed by atoms with Crippen LogP contribution >= 0.6 is 11.6 Å². The van der Waals surface area contributed by atoms with Crippen molar-refractivity contribution in [3.05, 3.63) is 23.4 Å². The molecule has 0 N–H and O–H groups in total. The van der Waals surface area contributed by atoms with Gasteiger partial charge in [0.15, 0.2) is 0 Å². The van der Waals surface area contributed by atoms with Gasteiger partial charge in [0.1, 0.15) is 5.82 Å². The Balaban J connectivity index is 1.59. The van der Waals surface area contributed by atoms with Crippen molar-refractivity contribution < 1.29 is 4.79 Å². The van der Waals surface area contributed by atoms with E-state index in [1.54, 1.807) is 6.20 Å². The Kier molecular flexibility index (Phi) is 5.61. The van der Waals surface area contributed by atoms with E-state index in [-0.39, 0.29) is 6.04 Å². The molecule has 1 amide bonds. The molecule has 2 aliphatic heterocycles. The van der Waals surface area contributed by atoms with Gasteiger partial charge in [-0.25, -0.2) is 4.98 Å². The van der Waals surface area contributed by atoms with Crippen LogP contribution in [0.2, 0.25) is 5.02 Å². The maximum atomic E-state index is 13.0. The van der Waals surface area contributed by atoms with Gasteiger partial charge in [0.05, 0.1) is 11.1 Å². The van der Waals surface area contributed by atoms with Gasteiger partial charge >= 0.3 is 0 Å². The van der Waals surface area contributed by atoms with Gasteiger partial charge < -0.3 is 9.80 Å². The van der Waals surface area contributed by atoms with Gasteiger partial charge in [0.25, 0.3) is 0 Å².